The molecule has 0 amide bonds. The fourth-order valence-corrected chi connectivity index (χ4v) is 1.35. The number of hydrogen-bond donors (Lipinski definition) is 1. The van der Waals surface area contributed by atoms with Crippen molar-refractivity contribution in [3.8, 4) is 5.75 Å². The standard InChI is InChI=1S/C12H21N3O/c1-5-13-7-10-11(16-6-2)8-14-12(15-10)9(3)4/h8-9,13H,5-7H2,1-4H3. The maximum absolute atomic E-state index is 5.50. The van der Waals surface area contributed by atoms with E-state index in [1.165, 1.54) is 0 Å². The molecule has 16 heavy (non-hydrogen) atoms. The maximum Gasteiger partial charge on any atom is 0.160 e. The Bertz CT molecular complexity index is 326. The lowest BCUT2D eigenvalue weighted by molar-refractivity contribution is 0.331. The maximum atomic E-state index is 5.50. The van der Waals surface area contributed by atoms with Crippen molar-refractivity contribution in [2.24, 2.45) is 0 Å². The second kappa shape index (κ2) is 6.43. The second-order valence-corrected chi connectivity index (χ2v) is 3.91. The van der Waals surface area contributed by atoms with Crippen LogP contribution in [0.3, 0.4) is 0 Å². The summed E-state index contributed by atoms with van der Waals surface area (Å²) in [6.07, 6.45) is 1.78. The van der Waals surface area contributed by atoms with Crippen molar-refractivity contribution < 1.29 is 4.74 Å². The Hall–Kier alpha value is -1.16. The molecule has 0 aliphatic rings. The topological polar surface area (TPSA) is 47.0 Å². The summed E-state index contributed by atoms with van der Waals surface area (Å²) in [4.78, 5) is 8.83. The van der Waals surface area contributed by atoms with Gasteiger partial charge in [-0.1, -0.05) is 20.8 Å². The third kappa shape index (κ3) is 3.45. The monoisotopic (exact) mass is 223 g/mol. The minimum Gasteiger partial charge on any atom is -0.490 e. The molecular weight excluding hydrogens is 202 g/mol. The molecule has 4 nitrogen and oxygen atoms in total. The summed E-state index contributed by atoms with van der Waals surface area (Å²) in [6.45, 7) is 10.5. The SMILES string of the molecule is CCNCc1nc(C(C)C)ncc1OCC. The van der Waals surface area contributed by atoms with Crippen LogP contribution in [0.2, 0.25) is 0 Å². The van der Waals surface area contributed by atoms with E-state index in [-0.39, 0.29) is 0 Å². The van der Waals surface area contributed by atoms with Gasteiger partial charge in [0, 0.05) is 12.5 Å². The van der Waals surface area contributed by atoms with Gasteiger partial charge in [-0.25, -0.2) is 9.97 Å². The highest BCUT2D eigenvalue weighted by Crippen LogP contribution is 2.18. The van der Waals surface area contributed by atoms with Gasteiger partial charge in [0.15, 0.2) is 5.75 Å². The van der Waals surface area contributed by atoms with Crippen molar-refractivity contribution in [2.75, 3.05) is 13.2 Å². The molecule has 0 unspecified atom stereocenters. The minimum atomic E-state index is 0.344. The van der Waals surface area contributed by atoms with Crippen molar-refractivity contribution in [1.82, 2.24) is 15.3 Å². The number of hydrogen-bond acceptors (Lipinski definition) is 4. The summed E-state index contributed by atoms with van der Waals surface area (Å²) >= 11 is 0. The Balaban J connectivity index is 2.91. The first-order valence-corrected chi connectivity index (χ1v) is 5.88. The molecule has 0 aliphatic heterocycles. The highest BCUT2D eigenvalue weighted by Gasteiger charge is 2.09. The van der Waals surface area contributed by atoms with Gasteiger partial charge in [-0.2, -0.15) is 0 Å². The number of aromatic nitrogens is 2. The summed E-state index contributed by atoms with van der Waals surface area (Å²) < 4.78 is 5.50. The van der Waals surface area contributed by atoms with E-state index in [1.807, 2.05) is 6.92 Å². The molecule has 0 radical (unpaired) electrons. The van der Waals surface area contributed by atoms with Gasteiger partial charge in [-0.05, 0) is 13.5 Å². The molecule has 0 saturated carbocycles. The highest BCUT2D eigenvalue weighted by molar-refractivity contribution is 5.25. The molecule has 1 N–H and O–H groups in total. The van der Waals surface area contributed by atoms with Crippen molar-refractivity contribution in [2.45, 2.75) is 40.2 Å². The summed E-state index contributed by atoms with van der Waals surface area (Å²) in [5, 5.41) is 3.26. The summed E-state index contributed by atoms with van der Waals surface area (Å²) in [6, 6.07) is 0. The molecule has 0 fully saturated rings. The van der Waals surface area contributed by atoms with Crippen molar-refractivity contribution in [3.63, 3.8) is 0 Å². The van der Waals surface area contributed by atoms with Crippen molar-refractivity contribution >= 4 is 0 Å². The van der Waals surface area contributed by atoms with E-state index >= 15 is 0 Å². The molecule has 90 valence electrons. The fourth-order valence-electron chi connectivity index (χ4n) is 1.35. The van der Waals surface area contributed by atoms with Gasteiger partial charge in [0.2, 0.25) is 0 Å². The first kappa shape index (κ1) is 12.9. The van der Waals surface area contributed by atoms with E-state index in [0.717, 1.165) is 30.4 Å². The lowest BCUT2D eigenvalue weighted by atomic mass is 10.2. The fraction of sp³-hybridized carbons (Fsp3) is 0.667. The van der Waals surface area contributed by atoms with Gasteiger partial charge >= 0.3 is 0 Å². The molecule has 0 spiro atoms. The zero-order valence-corrected chi connectivity index (χ0v) is 10.6. The van der Waals surface area contributed by atoms with Crippen LogP contribution in [-0.4, -0.2) is 23.1 Å². The predicted octanol–water partition coefficient (Wildman–Crippen LogP) is 2.11. The van der Waals surface area contributed by atoms with Crippen LogP contribution in [0.5, 0.6) is 5.75 Å². The van der Waals surface area contributed by atoms with Crippen molar-refractivity contribution in [3.05, 3.63) is 17.7 Å². The van der Waals surface area contributed by atoms with Gasteiger partial charge in [0.25, 0.3) is 0 Å². The van der Waals surface area contributed by atoms with Gasteiger partial charge in [0.05, 0.1) is 18.5 Å². The predicted molar refractivity (Wildman–Crippen MR) is 64.7 cm³/mol. The molecule has 1 aromatic heterocycles. The van der Waals surface area contributed by atoms with E-state index in [4.69, 9.17) is 4.74 Å². The van der Waals surface area contributed by atoms with Crippen LogP contribution >= 0.6 is 0 Å². The molecule has 0 bridgehead atoms. The second-order valence-electron chi connectivity index (χ2n) is 3.91. The lowest BCUT2D eigenvalue weighted by Gasteiger charge is -2.12. The number of nitrogens with one attached hydrogen (secondary N) is 1. The van der Waals surface area contributed by atoms with Crippen LogP contribution in [0.25, 0.3) is 0 Å². The molecule has 0 aliphatic carbocycles. The molecule has 1 heterocycles. The van der Waals surface area contributed by atoms with Crippen LogP contribution in [0.4, 0.5) is 0 Å². The number of nitrogens with zero attached hydrogens (tertiary/aromatic N) is 2. The van der Waals surface area contributed by atoms with Crippen LogP contribution < -0.4 is 10.1 Å². The molecule has 4 heteroatoms. The van der Waals surface area contributed by atoms with Gasteiger partial charge < -0.3 is 10.1 Å². The van der Waals surface area contributed by atoms with Crippen LogP contribution in [-0.2, 0) is 6.54 Å². The molecule has 1 aromatic rings. The van der Waals surface area contributed by atoms with E-state index < -0.39 is 0 Å². The first-order valence-electron chi connectivity index (χ1n) is 5.88. The largest absolute Gasteiger partial charge is 0.490 e. The molecule has 1 rings (SSSR count). The zero-order valence-electron chi connectivity index (χ0n) is 10.6. The van der Waals surface area contributed by atoms with Gasteiger partial charge in [0.1, 0.15) is 5.82 Å². The Labute approximate surface area is 97.5 Å². The lowest BCUT2D eigenvalue weighted by Crippen LogP contribution is -2.16. The Morgan fingerprint density at radius 3 is 2.69 bits per heavy atom. The average Bonchev–Trinajstić information content (AvgIpc) is 2.27. The quantitative estimate of drug-likeness (QED) is 0.802. The zero-order chi connectivity index (χ0) is 12.0. The molecule has 0 atom stereocenters. The molecule has 0 saturated heterocycles. The van der Waals surface area contributed by atoms with Crippen LogP contribution in [0.1, 0.15) is 45.1 Å². The molecule has 0 aromatic carbocycles. The van der Waals surface area contributed by atoms with E-state index in [0.29, 0.717) is 12.5 Å². The smallest absolute Gasteiger partial charge is 0.160 e. The van der Waals surface area contributed by atoms with Crippen molar-refractivity contribution in [1.29, 1.82) is 0 Å². The van der Waals surface area contributed by atoms with Crippen LogP contribution in [0.15, 0.2) is 6.20 Å². The summed E-state index contributed by atoms with van der Waals surface area (Å²) in [5.74, 6) is 2.00. The normalized spacial score (nSPS) is 10.8. The summed E-state index contributed by atoms with van der Waals surface area (Å²) in [5.41, 5.74) is 0.947. The number of ether oxygens (including phenoxy) is 1. The molecular formula is C12H21N3O. The first-order chi connectivity index (χ1) is 7.69. The van der Waals surface area contributed by atoms with Gasteiger partial charge in [-0.15, -0.1) is 0 Å². The third-order valence-corrected chi connectivity index (χ3v) is 2.21. The summed E-state index contributed by atoms with van der Waals surface area (Å²) in [7, 11) is 0. The Kier molecular flexibility index (Phi) is 5.19. The van der Waals surface area contributed by atoms with Gasteiger partial charge in [-0.3, -0.25) is 0 Å². The average molecular weight is 223 g/mol. The minimum absolute atomic E-state index is 0.344. The Morgan fingerprint density at radius 2 is 2.12 bits per heavy atom. The highest BCUT2D eigenvalue weighted by atomic mass is 16.5. The van der Waals surface area contributed by atoms with Crippen LogP contribution in [0, 0.1) is 0 Å². The number of rotatable bonds is 6. The van der Waals surface area contributed by atoms with E-state index in [2.05, 4.69) is 36.1 Å². The van der Waals surface area contributed by atoms with E-state index in [1.54, 1.807) is 6.20 Å². The third-order valence-electron chi connectivity index (χ3n) is 2.21. The Morgan fingerprint density at radius 1 is 1.38 bits per heavy atom. The van der Waals surface area contributed by atoms with E-state index in [9.17, 15) is 0 Å².